The number of aliphatic hydroxyl groups is 1. The Morgan fingerprint density at radius 1 is 1.08 bits per heavy atom. The molecule has 2 aliphatic carbocycles. The van der Waals surface area contributed by atoms with E-state index >= 15 is 0 Å². The molecule has 5 nitrogen and oxygen atoms in total. The first-order chi connectivity index (χ1) is 17.6. The molecule has 0 unspecified atom stereocenters. The van der Waals surface area contributed by atoms with Crippen molar-refractivity contribution in [2.45, 2.75) is 62.0 Å². The highest BCUT2D eigenvalue weighted by Crippen LogP contribution is 2.56. The maximum atomic E-state index is 12.7. The highest BCUT2D eigenvalue weighted by atomic mass is 32.1. The van der Waals surface area contributed by atoms with E-state index in [-0.39, 0.29) is 11.5 Å². The minimum atomic E-state index is -0.690. The SMILES string of the molecule is COc1ccc2c(c1)[C@@]13CCN(CCc4nc5ccccc5s4)CC[C@@]1(O)[C@@H](C2)N(CC1CC1)CC3. The predicted molar refractivity (Wildman–Crippen MR) is 145 cm³/mol. The fourth-order valence-electron chi connectivity index (χ4n) is 7.53. The van der Waals surface area contributed by atoms with Gasteiger partial charge >= 0.3 is 0 Å². The third-order valence-electron chi connectivity index (χ3n) is 9.73. The average Bonchev–Trinajstić information content (AvgIpc) is 3.64. The molecule has 1 N–H and O–H groups in total. The van der Waals surface area contributed by atoms with Gasteiger partial charge in [-0.2, -0.15) is 0 Å². The number of para-hydroxylation sites is 1. The van der Waals surface area contributed by atoms with Crippen molar-refractivity contribution in [1.29, 1.82) is 0 Å². The molecule has 4 aliphatic rings. The molecule has 36 heavy (non-hydrogen) atoms. The standard InChI is InChI=1S/C30H37N3O2S/c1-35-23-9-8-22-18-27-30(34)13-16-32(14-10-28-31-25-4-2-3-5-26(25)36-28)15-11-29(30,24(22)19-23)12-17-33(27)20-21-6-7-21/h2-5,8-9,19,21,27,34H,6-7,10-18,20H2,1H3/t27-,29+,30-/m1/s1. The summed E-state index contributed by atoms with van der Waals surface area (Å²) in [6, 6.07) is 15.3. The van der Waals surface area contributed by atoms with E-state index in [0.717, 1.165) is 82.0 Å². The van der Waals surface area contributed by atoms with E-state index in [1.807, 2.05) is 11.3 Å². The minimum Gasteiger partial charge on any atom is -0.497 e. The van der Waals surface area contributed by atoms with Gasteiger partial charge in [0.25, 0.3) is 0 Å². The Hall–Kier alpha value is -1.99. The number of hydrogen-bond donors (Lipinski definition) is 1. The van der Waals surface area contributed by atoms with Gasteiger partial charge in [0.15, 0.2) is 0 Å². The summed E-state index contributed by atoms with van der Waals surface area (Å²) in [4.78, 5) is 10.1. The smallest absolute Gasteiger partial charge is 0.119 e. The van der Waals surface area contributed by atoms with Gasteiger partial charge in [0.1, 0.15) is 5.75 Å². The van der Waals surface area contributed by atoms with Crippen LogP contribution in [0.25, 0.3) is 10.2 Å². The largest absolute Gasteiger partial charge is 0.497 e. The number of aromatic nitrogens is 1. The van der Waals surface area contributed by atoms with E-state index in [2.05, 4.69) is 52.3 Å². The van der Waals surface area contributed by atoms with E-state index in [0.29, 0.717) is 0 Å². The zero-order valence-corrected chi connectivity index (χ0v) is 22.1. The summed E-state index contributed by atoms with van der Waals surface area (Å²) in [6.07, 6.45) is 7.55. The quantitative estimate of drug-likeness (QED) is 0.531. The molecular formula is C30H37N3O2S. The number of piperidine rings is 1. The van der Waals surface area contributed by atoms with Crippen LogP contribution in [-0.2, 0) is 18.3 Å². The molecule has 0 amide bonds. The molecule has 2 saturated heterocycles. The van der Waals surface area contributed by atoms with Gasteiger partial charge in [-0.3, -0.25) is 4.90 Å². The fourth-order valence-corrected chi connectivity index (χ4v) is 8.49. The van der Waals surface area contributed by atoms with Crippen LogP contribution in [-0.4, -0.2) is 71.4 Å². The Labute approximate surface area is 218 Å². The van der Waals surface area contributed by atoms with E-state index in [9.17, 15) is 5.11 Å². The normalized spacial score (nSPS) is 30.6. The molecular weight excluding hydrogens is 466 g/mol. The Bertz CT molecular complexity index is 1240. The average molecular weight is 504 g/mol. The second-order valence-electron chi connectivity index (χ2n) is 11.6. The van der Waals surface area contributed by atoms with Gasteiger partial charge in [-0.15, -0.1) is 11.3 Å². The fraction of sp³-hybridized carbons (Fsp3) is 0.567. The number of thiazole rings is 1. The van der Waals surface area contributed by atoms with Gasteiger partial charge in [0, 0.05) is 37.5 Å². The van der Waals surface area contributed by atoms with Crippen LogP contribution < -0.4 is 4.74 Å². The van der Waals surface area contributed by atoms with Gasteiger partial charge in [-0.1, -0.05) is 18.2 Å². The lowest BCUT2D eigenvalue weighted by atomic mass is 9.52. The van der Waals surface area contributed by atoms with Crippen molar-refractivity contribution in [2.75, 3.05) is 39.8 Å². The molecule has 2 aromatic carbocycles. The van der Waals surface area contributed by atoms with Crippen molar-refractivity contribution in [3.8, 4) is 5.75 Å². The van der Waals surface area contributed by atoms with Crippen LogP contribution in [0, 0.1) is 5.92 Å². The predicted octanol–water partition coefficient (Wildman–Crippen LogP) is 4.65. The first-order valence-corrected chi connectivity index (χ1v) is 14.6. The van der Waals surface area contributed by atoms with E-state index in [1.54, 1.807) is 7.11 Å². The Balaban J connectivity index is 1.18. The molecule has 7 rings (SSSR count). The van der Waals surface area contributed by atoms with Crippen molar-refractivity contribution in [1.82, 2.24) is 14.8 Å². The summed E-state index contributed by atoms with van der Waals surface area (Å²) in [5.74, 6) is 1.76. The lowest BCUT2D eigenvalue weighted by molar-refractivity contribution is -0.149. The van der Waals surface area contributed by atoms with E-state index in [4.69, 9.17) is 9.72 Å². The number of nitrogens with zero attached hydrogens (tertiary/aromatic N) is 3. The summed E-state index contributed by atoms with van der Waals surface area (Å²) in [7, 11) is 1.76. The molecule has 0 spiro atoms. The van der Waals surface area contributed by atoms with Crippen molar-refractivity contribution in [3.63, 3.8) is 0 Å². The number of ether oxygens (including phenoxy) is 1. The van der Waals surface area contributed by atoms with Crippen LogP contribution >= 0.6 is 11.3 Å². The molecule has 0 radical (unpaired) electrons. The number of rotatable bonds is 6. The van der Waals surface area contributed by atoms with Crippen LogP contribution in [0.2, 0.25) is 0 Å². The molecule has 2 bridgehead atoms. The zero-order chi connectivity index (χ0) is 24.3. The molecule has 6 heteroatoms. The molecule has 3 heterocycles. The Morgan fingerprint density at radius 3 is 2.75 bits per heavy atom. The van der Waals surface area contributed by atoms with Gasteiger partial charge in [0.2, 0.25) is 0 Å². The number of fused-ring (bicyclic) bond motifs is 2. The molecule has 3 fully saturated rings. The maximum Gasteiger partial charge on any atom is 0.119 e. The lowest BCUT2D eigenvalue weighted by Crippen LogP contribution is -2.71. The first kappa shape index (κ1) is 23.2. The summed E-state index contributed by atoms with van der Waals surface area (Å²) < 4.78 is 6.94. The first-order valence-electron chi connectivity index (χ1n) is 13.8. The van der Waals surface area contributed by atoms with Crippen molar-refractivity contribution >= 4 is 21.6 Å². The van der Waals surface area contributed by atoms with Crippen molar-refractivity contribution < 1.29 is 9.84 Å². The second-order valence-corrected chi connectivity index (χ2v) is 12.7. The monoisotopic (exact) mass is 503 g/mol. The van der Waals surface area contributed by atoms with Gasteiger partial charge < -0.3 is 14.7 Å². The number of likely N-dealkylation sites (tertiary alicyclic amines) is 2. The summed E-state index contributed by atoms with van der Waals surface area (Å²) in [5, 5.41) is 14.0. The van der Waals surface area contributed by atoms with E-state index in [1.165, 1.54) is 33.7 Å². The third-order valence-corrected chi connectivity index (χ3v) is 10.8. The van der Waals surface area contributed by atoms with Crippen LogP contribution in [0.3, 0.4) is 0 Å². The van der Waals surface area contributed by atoms with Gasteiger partial charge in [-0.25, -0.2) is 4.98 Å². The maximum absolute atomic E-state index is 12.7. The molecule has 1 aromatic heterocycles. The van der Waals surface area contributed by atoms with Crippen molar-refractivity contribution in [3.05, 3.63) is 58.6 Å². The molecule has 3 aromatic rings. The Morgan fingerprint density at radius 2 is 1.92 bits per heavy atom. The lowest BCUT2D eigenvalue weighted by Gasteiger charge is -2.61. The molecule has 1 saturated carbocycles. The highest BCUT2D eigenvalue weighted by Gasteiger charge is 2.63. The van der Waals surface area contributed by atoms with Gasteiger partial charge in [-0.05, 0) is 92.9 Å². The van der Waals surface area contributed by atoms with Crippen LogP contribution in [0.5, 0.6) is 5.75 Å². The second kappa shape index (κ2) is 8.80. The highest BCUT2D eigenvalue weighted by molar-refractivity contribution is 7.18. The minimum absolute atomic E-state index is 0.190. The third kappa shape index (κ3) is 3.72. The number of methoxy groups -OCH3 is 1. The van der Waals surface area contributed by atoms with Crippen LogP contribution in [0.1, 0.15) is 48.2 Å². The van der Waals surface area contributed by atoms with Crippen molar-refractivity contribution in [2.24, 2.45) is 5.92 Å². The molecule has 2 aliphatic heterocycles. The molecule has 3 atom stereocenters. The summed E-state index contributed by atoms with van der Waals surface area (Å²) >= 11 is 1.82. The molecule has 190 valence electrons. The van der Waals surface area contributed by atoms with Gasteiger partial charge in [0.05, 0.1) is 27.9 Å². The van der Waals surface area contributed by atoms with Crippen LogP contribution in [0.15, 0.2) is 42.5 Å². The summed E-state index contributed by atoms with van der Waals surface area (Å²) in [6.45, 7) is 5.25. The topological polar surface area (TPSA) is 48.8 Å². The number of benzene rings is 2. The zero-order valence-electron chi connectivity index (χ0n) is 21.3. The summed E-state index contributed by atoms with van der Waals surface area (Å²) in [5.41, 5.74) is 3.02. The van der Waals surface area contributed by atoms with E-state index < -0.39 is 5.60 Å². The number of hydrogen-bond acceptors (Lipinski definition) is 6. The Kier molecular flexibility index (Phi) is 5.66. The van der Waals surface area contributed by atoms with Crippen LogP contribution in [0.4, 0.5) is 0 Å².